The van der Waals surface area contributed by atoms with E-state index in [0.717, 1.165) is 0 Å². The molecule has 2 N–H and O–H groups in total. The lowest BCUT2D eigenvalue weighted by Crippen LogP contribution is -2.52. The molecule has 0 fully saturated rings. The van der Waals surface area contributed by atoms with Crippen LogP contribution in [-0.2, 0) is 4.74 Å². The maximum Gasteiger partial charge on any atom is 0.408 e. The van der Waals surface area contributed by atoms with Crippen molar-refractivity contribution in [1.29, 1.82) is 0 Å². The molecule has 0 aliphatic rings. The molecule has 0 radical (unpaired) electrons. The maximum absolute atomic E-state index is 11.5. The van der Waals surface area contributed by atoms with Crippen LogP contribution in [0.5, 0.6) is 0 Å². The number of carbonyl (C=O) groups is 1. The Bertz CT molecular complexity index is 215. The van der Waals surface area contributed by atoms with Crippen LogP contribution in [0.25, 0.3) is 0 Å². The van der Waals surface area contributed by atoms with Gasteiger partial charge in [-0.1, -0.05) is 0 Å². The molecule has 5 heteroatoms. The molecule has 0 rings (SSSR count). The van der Waals surface area contributed by atoms with Crippen molar-refractivity contribution in [2.45, 2.75) is 38.8 Å². The predicted octanol–water partition coefficient (Wildman–Crippen LogP) is 1.63. The zero-order valence-corrected chi connectivity index (χ0v) is 10.9. The number of nitrogens with one attached hydrogen (secondary N) is 1. The highest BCUT2D eigenvalue weighted by atomic mass is 32.2. The molecule has 90 valence electrons. The summed E-state index contributed by atoms with van der Waals surface area (Å²) in [4.78, 5) is 11.5. The van der Waals surface area contributed by atoms with Crippen LogP contribution >= 0.6 is 11.8 Å². The highest BCUT2D eigenvalue weighted by molar-refractivity contribution is 7.98. The van der Waals surface area contributed by atoms with Gasteiger partial charge in [-0.2, -0.15) is 11.8 Å². The van der Waals surface area contributed by atoms with E-state index in [-0.39, 0.29) is 6.61 Å². The van der Waals surface area contributed by atoms with Crippen LogP contribution in [0.3, 0.4) is 0 Å². The number of aliphatic hydroxyl groups excluding tert-OH is 1. The van der Waals surface area contributed by atoms with Crippen molar-refractivity contribution in [3.05, 3.63) is 0 Å². The minimum absolute atomic E-state index is 0.104. The second-order valence-electron chi connectivity index (χ2n) is 4.78. The number of amides is 1. The maximum atomic E-state index is 11.5. The normalized spacial score (nSPS) is 15.6. The number of hydrogen-bond acceptors (Lipinski definition) is 4. The number of ether oxygens (including phenoxy) is 1. The molecule has 0 aromatic heterocycles. The molecule has 0 saturated carbocycles. The standard InChI is InChI=1S/C10H21NO3S/c1-9(2,3)14-8(13)11-10(4,6-12)7-15-5/h12H,6-7H2,1-5H3,(H,11,13). The number of alkyl carbamates (subject to hydrolysis) is 1. The van der Waals surface area contributed by atoms with E-state index in [1.54, 1.807) is 39.5 Å². The van der Waals surface area contributed by atoms with E-state index in [1.807, 2.05) is 6.26 Å². The number of aliphatic hydroxyl groups is 1. The van der Waals surface area contributed by atoms with E-state index >= 15 is 0 Å². The van der Waals surface area contributed by atoms with Crippen molar-refractivity contribution in [2.24, 2.45) is 0 Å². The molecule has 0 aliphatic carbocycles. The summed E-state index contributed by atoms with van der Waals surface area (Å²) in [5.41, 5.74) is -1.14. The van der Waals surface area contributed by atoms with Gasteiger partial charge in [0.2, 0.25) is 0 Å². The molecule has 0 saturated heterocycles. The highest BCUT2D eigenvalue weighted by Gasteiger charge is 2.27. The zero-order chi connectivity index (χ0) is 12.1. The topological polar surface area (TPSA) is 58.6 Å². The molecule has 1 amide bonds. The van der Waals surface area contributed by atoms with Crippen molar-refractivity contribution < 1.29 is 14.6 Å². The van der Waals surface area contributed by atoms with Crippen LogP contribution in [0.4, 0.5) is 4.79 Å². The van der Waals surface area contributed by atoms with Gasteiger partial charge in [-0.15, -0.1) is 0 Å². The SMILES string of the molecule is CSCC(C)(CO)NC(=O)OC(C)(C)C. The number of carbonyl (C=O) groups excluding carboxylic acids is 1. The molecule has 0 spiro atoms. The highest BCUT2D eigenvalue weighted by Crippen LogP contribution is 2.12. The van der Waals surface area contributed by atoms with E-state index < -0.39 is 17.2 Å². The summed E-state index contributed by atoms with van der Waals surface area (Å²) < 4.78 is 5.11. The summed E-state index contributed by atoms with van der Waals surface area (Å²) >= 11 is 1.56. The summed E-state index contributed by atoms with van der Waals surface area (Å²) in [5, 5.41) is 11.8. The Kier molecular flexibility index (Phi) is 5.45. The molecule has 0 aliphatic heterocycles. The third-order valence-corrected chi connectivity index (χ3v) is 2.54. The fourth-order valence-corrected chi connectivity index (χ4v) is 1.79. The van der Waals surface area contributed by atoms with Gasteiger partial charge in [0.05, 0.1) is 12.1 Å². The Labute approximate surface area is 95.8 Å². The quantitative estimate of drug-likeness (QED) is 0.777. The predicted molar refractivity (Wildman–Crippen MR) is 63.2 cm³/mol. The molecule has 1 atom stereocenters. The van der Waals surface area contributed by atoms with Gasteiger partial charge in [0.15, 0.2) is 0 Å². The van der Waals surface area contributed by atoms with E-state index in [1.165, 1.54) is 0 Å². The molecule has 0 heterocycles. The van der Waals surface area contributed by atoms with Gasteiger partial charge in [-0.3, -0.25) is 0 Å². The number of rotatable bonds is 4. The second kappa shape index (κ2) is 5.61. The van der Waals surface area contributed by atoms with Gasteiger partial charge in [0, 0.05) is 5.75 Å². The van der Waals surface area contributed by atoms with Crippen molar-refractivity contribution in [2.75, 3.05) is 18.6 Å². The zero-order valence-electron chi connectivity index (χ0n) is 10.1. The Morgan fingerprint density at radius 2 is 1.93 bits per heavy atom. The molecule has 0 bridgehead atoms. The Morgan fingerprint density at radius 3 is 2.27 bits per heavy atom. The molecular formula is C10H21NO3S. The first-order valence-electron chi connectivity index (χ1n) is 4.83. The number of thioether (sulfide) groups is 1. The van der Waals surface area contributed by atoms with Crippen LogP contribution in [0.1, 0.15) is 27.7 Å². The summed E-state index contributed by atoms with van der Waals surface area (Å²) in [6, 6.07) is 0. The Morgan fingerprint density at radius 1 is 1.40 bits per heavy atom. The lowest BCUT2D eigenvalue weighted by Gasteiger charge is -2.29. The van der Waals surface area contributed by atoms with Gasteiger partial charge < -0.3 is 15.2 Å². The lowest BCUT2D eigenvalue weighted by molar-refractivity contribution is 0.0435. The first-order chi connectivity index (χ1) is 6.72. The molecule has 1 unspecified atom stereocenters. The van der Waals surface area contributed by atoms with Crippen molar-refractivity contribution >= 4 is 17.9 Å². The third kappa shape index (κ3) is 6.62. The van der Waals surface area contributed by atoms with Gasteiger partial charge >= 0.3 is 6.09 Å². The molecular weight excluding hydrogens is 214 g/mol. The van der Waals surface area contributed by atoms with Crippen LogP contribution in [-0.4, -0.2) is 41.0 Å². The monoisotopic (exact) mass is 235 g/mol. The minimum Gasteiger partial charge on any atom is -0.444 e. The fraction of sp³-hybridized carbons (Fsp3) is 0.900. The summed E-state index contributed by atoms with van der Waals surface area (Å²) in [6.07, 6.45) is 1.43. The van der Waals surface area contributed by atoms with Gasteiger partial charge in [-0.25, -0.2) is 4.79 Å². The van der Waals surface area contributed by atoms with Crippen LogP contribution in [0.2, 0.25) is 0 Å². The molecule has 0 aromatic carbocycles. The van der Waals surface area contributed by atoms with Crippen molar-refractivity contribution in [3.8, 4) is 0 Å². The molecule has 4 nitrogen and oxygen atoms in total. The van der Waals surface area contributed by atoms with Crippen molar-refractivity contribution in [1.82, 2.24) is 5.32 Å². The van der Waals surface area contributed by atoms with Crippen molar-refractivity contribution in [3.63, 3.8) is 0 Å². The van der Waals surface area contributed by atoms with Gasteiger partial charge in [0.1, 0.15) is 5.60 Å². The minimum atomic E-state index is -0.623. The van der Waals surface area contributed by atoms with E-state index in [0.29, 0.717) is 5.75 Å². The number of hydrogen-bond donors (Lipinski definition) is 2. The van der Waals surface area contributed by atoms with Gasteiger partial charge in [0.25, 0.3) is 0 Å². The Balaban J connectivity index is 4.24. The van der Waals surface area contributed by atoms with E-state index in [9.17, 15) is 9.90 Å². The molecule has 15 heavy (non-hydrogen) atoms. The fourth-order valence-electron chi connectivity index (χ4n) is 0.990. The summed E-state index contributed by atoms with van der Waals surface area (Å²) in [5.74, 6) is 0.642. The van der Waals surface area contributed by atoms with E-state index in [4.69, 9.17) is 4.74 Å². The van der Waals surface area contributed by atoms with Crippen LogP contribution < -0.4 is 5.32 Å². The first kappa shape index (κ1) is 14.6. The first-order valence-corrected chi connectivity index (χ1v) is 6.23. The smallest absolute Gasteiger partial charge is 0.408 e. The lowest BCUT2D eigenvalue weighted by atomic mass is 10.1. The van der Waals surface area contributed by atoms with E-state index in [2.05, 4.69) is 5.32 Å². The largest absolute Gasteiger partial charge is 0.444 e. The second-order valence-corrected chi connectivity index (χ2v) is 5.64. The Hall–Kier alpha value is -0.420. The molecule has 0 aromatic rings. The van der Waals surface area contributed by atoms with Gasteiger partial charge in [-0.05, 0) is 34.0 Å². The van der Waals surface area contributed by atoms with Crippen LogP contribution in [0, 0.1) is 0 Å². The third-order valence-electron chi connectivity index (χ3n) is 1.61. The average Bonchev–Trinajstić information content (AvgIpc) is 2.00. The summed E-state index contributed by atoms with van der Waals surface area (Å²) in [7, 11) is 0. The average molecular weight is 235 g/mol. The summed E-state index contributed by atoms with van der Waals surface area (Å²) in [6.45, 7) is 7.09. The van der Waals surface area contributed by atoms with Crippen LogP contribution in [0.15, 0.2) is 0 Å².